The van der Waals surface area contributed by atoms with E-state index in [4.69, 9.17) is 4.74 Å². The second-order valence-electron chi connectivity index (χ2n) is 4.83. The molecule has 0 bridgehead atoms. The molecule has 3 nitrogen and oxygen atoms in total. The number of pyridine rings is 1. The van der Waals surface area contributed by atoms with Crippen molar-refractivity contribution in [2.24, 2.45) is 5.92 Å². The molecule has 1 saturated carbocycles. The van der Waals surface area contributed by atoms with E-state index in [1.165, 1.54) is 18.4 Å². The average molecular weight is 234 g/mol. The van der Waals surface area contributed by atoms with Crippen LogP contribution in [0.15, 0.2) is 24.5 Å². The van der Waals surface area contributed by atoms with E-state index in [0.29, 0.717) is 6.04 Å². The van der Waals surface area contributed by atoms with Gasteiger partial charge in [0.1, 0.15) is 0 Å². The van der Waals surface area contributed by atoms with Crippen molar-refractivity contribution >= 4 is 0 Å². The van der Waals surface area contributed by atoms with Gasteiger partial charge in [-0.2, -0.15) is 0 Å². The molecular formula is C14H22N2O. The summed E-state index contributed by atoms with van der Waals surface area (Å²) in [4.78, 5) is 4.13. The summed E-state index contributed by atoms with van der Waals surface area (Å²) in [5.41, 5.74) is 1.24. The Morgan fingerprint density at radius 1 is 1.53 bits per heavy atom. The lowest BCUT2D eigenvalue weighted by molar-refractivity contribution is 0.121. The SMILES string of the molecule is CC(NCCCOCC1CC1)c1cccnc1. The van der Waals surface area contributed by atoms with Gasteiger partial charge in [-0.3, -0.25) is 4.98 Å². The summed E-state index contributed by atoms with van der Waals surface area (Å²) < 4.78 is 5.59. The standard InChI is InChI=1S/C14H22N2O/c1-12(14-4-2-7-15-10-14)16-8-3-9-17-11-13-5-6-13/h2,4,7,10,12-13,16H,3,5-6,8-9,11H2,1H3. The first-order valence-corrected chi connectivity index (χ1v) is 6.57. The van der Waals surface area contributed by atoms with Gasteiger partial charge in [0.2, 0.25) is 0 Å². The molecule has 3 heteroatoms. The van der Waals surface area contributed by atoms with Gasteiger partial charge >= 0.3 is 0 Å². The normalized spacial score (nSPS) is 17.0. The maximum atomic E-state index is 5.59. The number of nitrogens with one attached hydrogen (secondary N) is 1. The third-order valence-corrected chi connectivity index (χ3v) is 3.15. The zero-order valence-corrected chi connectivity index (χ0v) is 10.6. The molecule has 0 aromatic carbocycles. The molecule has 1 N–H and O–H groups in total. The highest BCUT2D eigenvalue weighted by Crippen LogP contribution is 2.28. The van der Waals surface area contributed by atoms with Crippen LogP contribution in [0.4, 0.5) is 0 Å². The van der Waals surface area contributed by atoms with Crippen LogP contribution in [0.5, 0.6) is 0 Å². The van der Waals surface area contributed by atoms with E-state index in [2.05, 4.69) is 23.3 Å². The van der Waals surface area contributed by atoms with Crippen LogP contribution in [0, 0.1) is 5.92 Å². The number of aromatic nitrogens is 1. The molecule has 0 spiro atoms. The minimum Gasteiger partial charge on any atom is -0.381 e. The maximum absolute atomic E-state index is 5.59. The fraction of sp³-hybridized carbons (Fsp3) is 0.643. The minimum atomic E-state index is 0.368. The summed E-state index contributed by atoms with van der Waals surface area (Å²) in [6.07, 6.45) is 7.55. The molecule has 0 radical (unpaired) electrons. The van der Waals surface area contributed by atoms with Crippen molar-refractivity contribution in [3.8, 4) is 0 Å². The predicted octanol–water partition coefficient (Wildman–Crippen LogP) is 2.55. The Bertz CT molecular complexity index is 311. The van der Waals surface area contributed by atoms with Gasteiger partial charge in [0, 0.05) is 31.6 Å². The highest BCUT2D eigenvalue weighted by Gasteiger charge is 2.20. The summed E-state index contributed by atoms with van der Waals surface area (Å²) >= 11 is 0. The van der Waals surface area contributed by atoms with E-state index in [-0.39, 0.29) is 0 Å². The quantitative estimate of drug-likeness (QED) is 0.702. The van der Waals surface area contributed by atoms with E-state index < -0.39 is 0 Å². The highest BCUT2D eigenvalue weighted by molar-refractivity contribution is 5.12. The van der Waals surface area contributed by atoms with E-state index in [1.807, 2.05) is 18.5 Å². The van der Waals surface area contributed by atoms with Gasteiger partial charge < -0.3 is 10.1 Å². The Balaban J connectivity index is 1.52. The molecule has 1 aliphatic carbocycles. The van der Waals surface area contributed by atoms with Crippen LogP contribution in [0.25, 0.3) is 0 Å². The summed E-state index contributed by atoms with van der Waals surface area (Å²) in [7, 11) is 0. The lowest BCUT2D eigenvalue weighted by Gasteiger charge is -2.13. The van der Waals surface area contributed by atoms with E-state index in [9.17, 15) is 0 Å². The largest absolute Gasteiger partial charge is 0.381 e. The van der Waals surface area contributed by atoms with Gasteiger partial charge in [-0.05, 0) is 50.3 Å². The molecule has 1 aliphatic rings. The smallest absolute Gasteiger partial charge is 0.0494 e. The van der Waals surface area contributed by atoms with Crippen LogP contribution < -0.4 is 5.32 Å². The zero-order chi connectivity index (χ0) is 11.9. The fourth-order valence-electron chi connectivity index (χ4n) is 1.78. The van der Waals surface area contributed by atoms with Gasteiger partial charge in [-0.25, -0.2) is 0 Å². The molecule has 0 amide bonds. The lowest BCUT2D eigenvalue weighted by Crippen LogP contribution is -2.21. The molecule has 1 atom stereocenters. The van der Waals surface area contributed by atoms with E-state index in [1.54, 1.807) is 0 Å². The van der Waals surface area contributed by atoms with Crippen LogP contribution in [0.2, 0.25) is 0 Å². The second-order valence-corrected chi connectivity index (χ2v) is 4.83. The summed E-state index contributed by atoms with van der Waals surface area (Å²) in [6.45, 7) is 5.02. The minimum absolute atomic E-state index is 0.368. The molecule has 1 fully saturated rings. The first-order chi connectivity index (χ1) is 8.36. The first-order valence-electron chi connectivity index (χ1n) is 6.57. The summed E-state index contributed by atoms with van der Waals surface area (Å²) in [5, 5.41) is 3.48. The molecule has 17 heavy (non-hydrogen) atoms. The zero-order valence-electron chi connectivity index (χ0n) is 10.6. The molecule has 94 valence electrons. The first kappa shape index (κ1) is 12.5. The van der Waals surface area contributed by atoms with Crippen molar-refractivity contribution in [3.63, 3.8) is 0 Å². The van der Waals surface area contributed by atoms with Crippen molar-refractivity contribution in [3.05, 3.63) is 30.1 Å². The highest BCUT2D eigenvalue weighted by atomic mass is 16.5. The second kappa shape index (κ2) is 6.72. The van der Waals surface area contributed by atoms with E-state index >= 15 is 0 Å². The van der Waals surface area contributed by atoms with Crippen molar-refractivity contribution in [2.75, 3.05) is 19.8 Å². The molecule has 2 rings (SSSR count). The molecular weight excluding hydrogens is 212 g/mol. The van der Waals surface area contributed by atoms with Gasteiger partial charge in [0.25, 0.3) is 0 Å². The predicted molar refractivity (Wildman–Crippen MR) is 68.8 cm³/mol. The third kappa shape index (κ3) is 4.84. The van der Waals surface area contributed by atoms with Crippen LogP contribution in [-0.2, 0) is 4.74 Å². The Labute approximate surface area is 104 Å². The molecule has 1 aromatic rings. The molecule has 1 unspecified atom stereocenters. The van der Waals surface area contributed by atoms with Gasteiger partial charge in [-0.1, -0.05) is 6.07 Å². The Hall–Kier alpha value is -0.930. The van der Waals surface area contributed by atoms with Crippen LogP contribution in [-0.4, -0.2) is 24.7 Å². The Morgan fingerprint density at radius 2 is 2.41 bits per heavy atom. The molecule has 1 aromatic heterocycles. The van der Waals surface area contributed by atoms with Gasteiger partial charge in [-0.15, -0.1) is 0 Å². The number of rotatable bonds is 8. The molecule has 0 saturated heterocycles. The summed E-state index contributed by atoms with van der Waals surface area (Å²) in [6, 6.07) is 4.45. The van der Waals surface area contributed by atoms with Gasteiger partial charge in [0.15, 0.2) is 0 Å². The van der Waals surface area contributed by atoms with Gasteiger partial charge in [0.05, 0.1) is 0 Å². The third-order valence-electron chi connectivity index (χ3n) is 3.15. The van der Waals surface area contributed by atoms with Crippen molar-refractivity contribution in [1.29, 1.82) is 0 Å². The molecule has 1 heterocycles. The number of hydrogen-bond acceptors (Lipinski definition) is 3. The number of hydrogen-bond donors (Lipinski definition) is 1. The maximum Gasteiger partial charge on any atom is 0.0494 e. The van der Waals surface area contributed by atoms with Crippen molar-refractivity contribution in [1.82, 2.24) is 10.3 Å². The Morgan fingerprint density at radius 3 is 3.12 bits per heavy atom. The summed E-state index contributed by atoms with van der Waals surface area (Å²) in [5.74, 6) is 0.872. The monoisotopic (exact) mass is 234 g/mol. The number of ether oxygens (including phenoxy) is 1. The van der Waals surface area contributed by atoms with Crippen LogP contribution in [0.1, 0.15) is 37.8 Å². The molecule has 0 aliphatic heterocycles. The van der Waals surface area contributed by atoms with E-state index in [0.717, 1.165) is 32.1 Å². The number of nitrogens with zero attached hydrogens (tertiary/aromatic N) is 1. The topological polar surface area (TPSA) is 34.1 Å². The van der Waals surface area contributed by atoms with Crippen molar-refractivity contribution in [2.45, 2.75) is 32.2 Å². The van der Waals surface area contributed by atoms with Crippen LogP contribution in [0.3, 0.4) is 0 Å². The average Bonchev–Trinajstić information content (AvgIpc) is 3.18. The van der Waals surface area contributed by atoms with Crippen LogP contribution >= 0.6 is 0 Å². The van der Waals surface area contributed by atoms with Crippen molar-refractivity contribution < 1.29 is 4.74 Å². The lowest BCUT2D eigenvalue weighted by atomic mass is 10.1. The Kier molecular flexibility index (Phi) is 4.95. The fourth-order valence-corrected chi connectivity index (χ4v) is 1.78.